The topological polar surface area (TPSA) is 79.9 Å². The highest BCUT2D eigenvalue weighted by Crippen LogP contribution is 2.40. The number of para-hydroxylation sites is 1. The van der Waals surface area contributed by atoms with E-state index in [-0.39, 0.29) is 17.9 Å². The van der Waals surface area contributed by atoms with Crippen molar-refractivity contribution in [3.63, 3.8) is 0 Å². The maximum absolute atomic E-state index is 13.2. The largest absolute Gasteiger partial charge is 0.456 e. The predicted octanol–water partition coefficient (Wildman–Crippen LogP) is 5.09. The lowest BCUT2D eigenvalue weighted by molar-refractivity contribution is -0.124. The molecule has 178 valence electrons. The first-order valence-corrected chi connectivity index (χ1v) is 12.2. The lowest BCUT2D eigenvalue weighted by Gasteiger charge is -2.26. The Morgan fingerprint density at radius 2 is 1.89 bits per heavy atom. The number of furan rings is 1. The average molecular weight is 497 g/mol. The molecule has 2 bridgehead atoms. The van der Waals surface area contributed by atoms with Crippen LogP contribution in [0.3, 0.4) is 0 Å². The zero-order valence-electron chi connectivity index (χ0n) is 19.4. The highest BCUT2D eigenvalue weighted by Gasteiger charge is 2.46. The van der Waals surface area contributed by atoms with Crippen LogP contribution in [0.2, 0.25) is 5.15 Å². The van der Waals surface area contributed by atoms with Crippen molar-refractivity contribution in [2.24, 2.45) is 0 Å². The molecule has 7 rings (SSSR count). The van der Waals surface area contributed by atoms with Crippen molar-refractivity contribution in [2.45, 2.75) is 25.4 Å². The Balaban J connectivity index is 1.31. The molecule has 1 N–H and O–H groups in total. The van der Waals surface area contributed by atoms with E-state index in [1.165, 1.54) is 0 Å². The van der Waals surface area contributed by atoms with Crippen LogP contribution in [0.5, 0.6) is 0 Å². The molecule has 2 aliphatic rings. The summed E-state index contributed by atoms with van der Waals surface area (Å²) in [6, 6.07) is 19.0. The Labute approximate surface area is 211 Å². The molecular weight excluding hydrogens is 476 g/mol. The minimum Gasteiger partial charge on any atom is -0.456 e. The molecular formula is C28H21ClN4O3. The summed E-state index contributed by atoms with van der Waals surface area (Å²) in [6.07, 6.45) is 2.43. The molecule has 36 heavy (non-hydrogen) atoms. The van der Waals surface area contributed by atoms with Gasteiger partial charge in [-0.3, -0.25) is 14.0 Å². The van der Waals surface area contributed by atoms with Crippen LogP contribution in [0, 0.1) is 6.92 Å². The monoisotopic (exact) mass is 496 g/mol. The van der Waals surface area contributed by atoms with E-state index < -0.39 is 6.04 Å². The van der Waals surface area contributed by atoms with E-state index in [1.54, 1.807) is 27.6 Å². The standard InChI is InChI=1S/C28H21ClN4O3/c1-15-18-6-4-5-9-22(18)36-25(15)20-8-3-2-7-19(20)24-26(29)32-11-10-16(12-23(32)31-24)28(35)33-14-17-13-21(33)27(34)30-17/h2-12,17,21H,13-14H2,1H3,(H,30,34)/t17-,21-/m0/s1. The predicted molar refractivity (Wildman–Crippen MR) is 137 cm³/mol. The number of halogens is 1. The third-order valence-electron chi connectivity index (χ3n) is 7.30. The van der Waals surface area contributed by atoms with E-state index in [0.717, 1.165) is 33.4 Å². The highest BCUT2D eigenvalue weighted by atomic mass is 35.5. The number of hydrogen-bond donors (Lipinski definition) is 1. The zero-order chi connectivity index (χ0) is 24.6. The number of rotatable bonds is 3. The van der Waals surface area contributed by atoms with Crippen LogP contribution in [0.25, 0.3) is 39.2 Å². The van der Waals surface area contributed by atoms with Gasteiger partial charge in [-0.1, -0.05) is 54.1 Å². The maximum atomic E-state index is 13.2. The zero-order valence-corrected chi connectivity index (χ0v) is 20.1. The van der Waals surface area contributed by atoms with Crippen molar-refractivity contribution < 1.29 is 14.0 Å². The van der Waals surface area contributed by atoms with Crippen LogP contribution in [0.15, 0.2) is 71.3 Å². The van der Waals surface area contributed by atoms with Crippen molar-refractivity contribution >= 4 is 40.0 Å². The summed E-state index contributed by atoms with van der Waals surface area (Å²) in [5.41, 5.74) is 5.27. The third-order valence-corrected chi connectivity index (χ3v) is 7.66. The van der Waals surface area contributed by atoms with Gasteiger partial charge in [0.25, 0.3) is 5.91 Å². The van der Waals surface area contributed by atoms with Gasteiger partial charge in [0, 0.05) is 46.4 Å². The molecule has 2 saturated heterocycles. The van der Waals surface area contributed by atoms with Gasteiger partial charge >= 0.3 is 0 Å². The molecule has 2 fully saturated rings. The number of carbonyl (C=O) groups excluding carboxylic acids is 2. The second-order valence-corrected chi connectivity index (χ2v) is 9.77. The Bertz CT molecular complexity index is 1720. The minimum absolute atomic E-state index is 0.0425. The summed E-state index contributed by atoms with van der Waals surface area (Å²) in [6.45, 7) is 2.58. The summed E-state index contributed by atoms with van der Waals surface area (Å²) in [5, 5.41) is 4.42. The first kappa shape index (κ1) is 21.2. The van der Waals surface area contributed by atoms with Crippen molar-refractivity contribution in [1.82, 2.24) is 19.6 Å². The summed E-state index contributed by atoms with van der Waals surface area (Å²) in [7, 11) is 0. The first-order chi connectivity index (χ1) is 17.5. The fraction of sp³-hybridized carbons (Fsp3) is 0.179. The van der Waals surface area contributed by atoms with Gasteiger partial charge in [-0.2, -0.15) is 0 Å². The quantitative estimate of drug-likeness (QED) is 0.377. The lowest BCUT2D eigenvalue weighted by Crippen LogP contribution is -2.50. The number of benzene rings is 2. The van der Waals surface area contributed by atoms with E-state index in [2.05, 4.69) is 5.32 Å². The minimum atomic E-state index is -0.392. The molecule has 5 aromatic rings. The maximum Gasteiger partial charge on any atom is 0.254 e. The summed E-state index contributed by atoms with van der Waals surface area (Å²) in [5.74, 6) is 0.529. The summed E-state index contributed by atoms with van der Waals surface area (Å²) in [4.78, 5) is 31.8. The second-order valence-electron chi connectivity index (χ2n) is 9.41. The van der Waals surface area contributed by atoms with Gasteiger partial charge in [-0.05, 0) is 31.5 Å². The van der Waals surface area contributed by atoms with Crippen molar-refractivity contribution in [2.75, 3.05) is 6.54 Å². The van der Waals surface area contributed by atoms with Crippen LogP contribution < -0.4 is 5.32 Å². The van der Waals surface area contributed by atoms with E-state index in [0.29, 0.717) is 35.0 Å². The van der Waals surface area contributed by atoms with E-state index in [4.69, 9.17) is 21.0 Å². The molecule has 2 aliphatic heterocycles. The molecule has 0 saturated carbocycles. The fourth-order valence-electron chi connectivity index (χ4n) is 5.51. The Morgan fingerprint density at radius 1 is 1.11 bits per heavy atom. The number of fused-ring (bicyclic) bond motifs is 4. The molecule has 2 atom stereocenters. The molecule has 2 amide bonds. The molecule has 0 spiro atoms. The Hall–Kier alpha value is -4.10. The van der Waals surface area contributed by atoms with Gasteiger partial charge in [-0.25, -0.2) is 4.98 Å². The van der Waals surface area contributed by atoms with Gasteiger partial charge < -0.3 is 14.6 Å². The number of imidazole rings is 1. The SMILES string of the molecule is Cc1c(-c2ccccc2-c2nc3cc(C(=O)N4C[C@@H]5C[C@H]4C(=O)N5)ccn3c2Cl)oc2ccccc12. The van der Waals surface area contributed by atoms with Crippen molar-refractivity contribution in [3.05, 3.63) is 83.1 Å². The molecule has 0 unspecified atom stereocenters. The van der Waals surface area contributed by atoms with Gasteiger partial charge in [0.15, 0.2) is 0 Å². The molecule has 5 heterocycles. The number of nitrogens with one attached hydrogen (secondary N) is 1. The number of aromatic nitrogens is 2. The summed E-state index contributed by atoms with van der Waals surface area (Å²) < 4.78 is 8.00. The Morgan fingerprint density at radius 3 is 2.67 bits per heavy atom. The van der Waals surface area contributed by atoms with Gasteiger partial charge in [-0.15, -0.1) is 0 Å². The number of amides is 2. The van der Waals surface area contributed by atoms with E-state index >= 15 is 0 Å². The molecule has 3 aromatic heterocycles. The number of nitrogens with zero attached hydrogens (tertiary/aromatic N) is 3. The van der Waals surface area contributed by atoms with Crippen LogP contribution >= 0.6 is 11.6 Å². The number of carbonyl (C=O) groups is 2. The van der Waals surface area contributed by atoms with E-state index in [9.17, 15) is 9.59 Å². The Kier molecular flexibility index (Phi) is 4.53. The fourth-order valence-corrected chi connectivity index (χ4v) is 5.80. The van der Waals surface area contributed by atoms with Gasteiger partial charge in [0.2, 0.25) is 5.91 Å². The molecule has 0 radical (unpaired) electrons. The normalized spacial score (nSPS) is 18.9. The van der Waals surface area contributed by atoms with Crippen LogP contribution in [-0.2, 0) is 4.79 Å². The number of aryl methyl sites for hydroxylation is 1. The number of hydrogen-bond acceptors (Lipinski definition) is 4. The lowest BCUT2D eigenvalue weighted by atomic mass is 10.00. The number of pyridine rings is 1. The number of piperazine rings is 1. The van der Waals surface area contributed by atoms with Gasteiger partial charge in [0.05, 0.1) is 0 Å². The third kappa shape index (κ3) is 3.02. The van der Waals surface area contributed by atoms with Crippen LogP contribution in [-0.4, -0.2) is 44.7 Å². The molecule has 7 nitrogen and oxygen atoms in total. The van der Waals surface area contributed by atoms with Crippen LogP contribution in [0.1, 0.15) is 22.3 Å². The summed E-state index contributed by atoms with van der Waals surface area (Å²) >= 11 is 6.82. The second kappa shape index (κ2) is 7.70. The number of likely N-dealkylation sites (tertiary alicyclic amines) is 1. The molecule has 2 aromatic carbocycles. The van der Waals surface area contributed by atoms with Crippen LogP contribution in [0.4, 0.5) is 0 Å². The molecule has 8 heteroatoms. The molecule has 0 aliphatic carbocycles. The highest BCUT2D eigenvalue weighted by molar-refractivity contribution is 6.32. The van der Waals surface area contributed by atoms with Crippen molar-refractivity contribution in [3.8, 4) is 22.6 Å². The van der Waals surface area contributed by atoms with E-state index in [1.807, 2.05) is 55.5 Å². The average Bonchev–Trinajstić information content (AvgIpc) is 3.65. The smallest absolute Gasteiger partial charge is 0.254 e. The first-order valence-electron chi connectivity index (χ1n) is 11.9. The van der Waals surface area contributed by atoms with Gasteiger partial charge in [0.1, 0.15) is 33.9 Å². The van der Waals surface area contributed by atoms with Crippen molar-refractivity contribution in [1.29, 1.82) is 0 Å².